The van der Waals surface area contributed by atoms with Crippen LogP contribution in [0.3, 0.4) is 0 Å². The molecule has 1 aromatic carbocycles. The zero-order chi connectivity index (χ0) is 30.6. The maximum Gasteiger partial charge on any atom is 0.318 e. The summed E-state index contributed by atoms with van der Waals surface area (Å²) < 4.78 is 2.97. The summed E-state index contributed by atoms with van der Waals surface area (Å²) in [6, 6.07) is 7.58. The summed E-state index contributed by atoms with van der Waals surface area (Å²) in [5.41, 5.74) is 4.57. The van der Waals surface area contributed by atoms with E-state index in [2.05, 4.69) is 49.3 Å². The van der Waals surface area contributed by atoms with Gasteiger partial charge in [-0.25, -0.2) is 9.78 Å². The van der Waals surface area contributed by atoms with Crippen molar-refractivity contribution < 1.29 is 9.59 Å². The van der Waals surface area contributed by atoms with Crippen molar-refractivity contribution in [3.8, 4) is 0 Å². The number of urea groups is 1. The average Bonchev–Trinajstić information content (AvgIpc) is 3.50. The Balaban J connectivity index is 1.28. The summed E-state index contributed by atoms with van der Waals surface area (Å²) in [7, 11) is 1.85. The lowest BCUT2D eigenvalue weighted by molar-refractivity contribution is -0.137. The highest BCUT2D eigenvalue weighted by atomic mass is 79.9. The number of carbonyl (C=O) groups excluding carboxylic acids is 2. The number of nitrogens with zero attached hydrogens (tertiary/aromatic N) is 6. The number of amides is 3. The smallest absolute Gasteiger partial charge is 0.318 e. The monoisotopic (exact) mass is 681 g/mol. The highest BCUT2D eigenvalue weighted by molar-refractivity contribution is 9.10. The number of benzene rings is 1. The molecule has 2 fully saturated rings. The molecule has 2 atom stereocenters. The Morgan fingerprint density at radius 3 is 2.73 bits per heavy atom. The number of halogens is 2. The number of piperazine rings is 1. The second-order valence-electron chi connectivity index (χ2n) is 12.3. The highest BCUT2D eigenvalue weighted by Gasteiger charge is 2.41. The van der Waals surface area contributed by atoms with Gasteiger partial charge in [0.2, 0.25) is 5.91 Å². The summed E-state index contributed by atoms with van der Waals surface area (Å²) in [5.74, 6) is -0.0342. The van der Waals surface area contributed by atoms with Gasteiger partial charge in [0.05, 0.1) is 18.1 Å². The lowest BCUT2D eigenvalue weighted by Crippen LogP contribution is -2.63. The number of likely N-dealkylation sites (N-methyl/N-ethyl adjacent to an activating group) is 1. The van der Waals surface area contributed by atoms with Crippen LogP contribution < -0.4 is 5.32 Å². The number of hydrogen-bond donors (Lipinski definition) is 1. The van der Waals surface area contributed by atoms with Crippen molar-refractivity contribution >= 4 is 39.5 Å². The molecule has 44 heavy (non-hydrogen) atoms. The van der Waals surface area contributed by atoms with E-state index in [1.807, 2.05) is 30.1 Å². The van der Waals surface area contributed by atoms with Crippen LogP contribution in [0.2, 0.25) is 5.02 Å². The largest absolute Gasteiger partial charge is 0.344 e. The minimum atomic E-state index is -0.608. The molecule has 2 aromatic heterocycles. The van der Waals surface area contributed by atoms with Crippen LogP contribution in [0.15, 0.2) is 53.7 Å². The second kappa shape index (κ2) is 14.0. The van der Waals surface area contributed by atoms with Gasteiger partial charge in [-0.1, -0.05) is 36.9 Å². The van der Waals surface area contributed by atoms with E-state index in [4.69, 9.17) is 16.6 Å². The first-order chi connectivity index (χ1) is 21.4. The Bertz CT molecular complexity index is 1410. The minimum absolute atomic E-state index is 0.0342. The van der Waals surface area contributed by atoms with Gasteiger partial charge in [-0.3, -0.25) is 14.7 Å². The number of rotatable bonds is 7. The number of imidazole rings is 1. The lowest BCUT2D eigenvalue weighted by Gasteiger charge is -2.45. The molecule has 2 aliphatic carbocycles. The standard InChI is InChI=1S/C33H41BrClN7O2/c1-39(13-5-14-40-15-12-36-22-40)32(43)29-21-41(16-17-42(29)33(44)38-27-6-3-2-4-7-27)31-28-11-10-26(35)19-23(28)8-9-24-18-25(34)20-37-30(24)31/h10-12,15,18-20,22,27,29,31H,2-9,13-14,16-17,21H2,1H3,(H,38,44)/t29-,31?/m1/s1. The van der Waals surface area contributed by atoms with E-state index < -0.39 is 6.04 Å². The number of aromatic nitrogens is 3. The number of pyridine rings is 1. The summed E-state index contributed by atoms with van der Waals surface area (Å²) in [4.78, 5) is 42.9. The van der Waals surface area contributed by atoms with Gasteiger partial charge in [0.25, 0.3) is 0 Å². The molecule has 1 N–H and O–H groups in total. The van der Waals surface area contributed by atoms with Gasteiger partial charge >= 0.3 is 6.03 Å². The molecular weight excluding hydrogens is 642 g/mol. The van der Waals surface area contributed by atoms with Gasteiger partial charge in [-0.05, 0) is 82.9 Å². The molecule has 9 nitrogen and oxygen atoms in total. The molecule has 1 saturated carbocycles. The molecule has 0 bridgehead atoms. The van der Waals surface area contributed by atoms with E-state index in [9.17, 15) is 9.59 Å². The molecule has 3 amide bonds. The van der Waals surface area contributed by atoms with Gasteiger partial charge in [0.1, 0.15) is 6.04 Å². The van der Waals surface area contributed by atoms with E-state index in [1.54, 1.807) is 22.3 Å². The number of fused-ring (bicyclic) bond motifs is 2. The Kier molecular flexibility index (Phi) is 9.88. The zero-order valence-corrected chi connectivity index (χ0v) is 27.6. The quantitative estimate of drug-likeness (QED) is 0.358. The lowest BCUT2D eigenvalue weighted by atomic mass is 9.94. The number of carbonyl (C=O) groups is 2. The number of aryl methyl sites for hydroxylation is 3. The van der Waals surface area contributed by atoms with E-state index in [1.165, 1.54) is 23.1 Å². The third-order valence-corrected chi connectivity index (χ3v) is 10.1. The second-order valence-corrected chi connectivity index (χ2v) is 13.7. The van der Waals surface area contributed by atoms with Gasteiger partial charge in [0, 0.05) is 73.9 Å². The normalized spacial score (nSPS) is 20.8. The number of hydrogen-bond acceptors (Lipinski definition) is 5. The third-order valence-electron chi connectivity index (χ3n) is 9.39. The zero-order valence-electron chi connectivity index (χ0n) is 25.3. The molecule has 234 valence electrons. The SMILES string of the molecule is CN(CCCn1ccnc1)C(=O)[C@H]1CN(C2c3ccc(Cl)cc3CCc3cc(Br)cnc32)CCN1C(=O)NC1CCCCC1. The summed E-state index contributed by atoms with van der Waals surface area (Å²) >= 11 is 10.1. The first-order valence-corrected chi connectivity index (χ1v) is 17.0. The predicted molar refractivity (Wildman–Crippen MR) is 175 cm³/mol. The molecule has 6 rings (SSSR count). The molecule has 3 aromatic rings. The fourth-order valence-electron chi connectivity index (χ4n) is 7.05. The molecule has 0 spiro atoms. The molecule has 1 aliphatic heterocycles. The molecular formula is C33H41BrClN7O2. The average molecular weight is 683 g/mol. The molecule has 1 unspecified atom stereocenters. The van der Waals surface area contributed by atoms with E-state index in [-0.39, 0.29) is 24.0 Å². The predicted octanol–water partition coefficient (Wildman–Crippen LogP) is 5.46. The highest BCUT2D eigenvalue weighted by Crippen LogP contribution is 2.38. The van der Waals surface area contributed by atoms with Crippen molar-refractivity contribution in [1.82, 2.24) is 34.6 Å². The first-order valence-electron chi connectivity index (χ1n) is 15.8. The molecule has 0 radical (unpaired) electrons. The van der Waals surface area contributed by atoms with Gasteiger partial charge < -0.3 is 19.7 Å². The van der Waals surface area contributed by atoms with E-state index >= 15 is 0 Å². The maximum absolute atomic E-state index is 14.2. The van der Waals surface area contributed by atoms with Crippen LogP contribution in [-0.4, -0.2) is 86.5 Å². The van der Waals surface area contributed by atoms with Crippen LogP contribution in [0.4, 0.5) is 4.79 Å². The van der Waals surface area contributed by atoms with Crippen LogP contribution >= 0.6 is 27.5 Å². The Morgan fingerprint density at radius 1 is 1.11 bits per heavy atom. The molecule has 3 aliphatic rings. The van der Waals surface area contributed by atoms with Gasteiger partial charge in [0.15, 0.2) is 0 Å². The maximum atomic E-state index is 14.2. The fraction of sp³-hybridized carbons (Fsp3) is 0.515. The Labute approximate surface area is 273 Å². The summed E-state index contributed by atoms with van der Waals surface area (Å²) in [6.07, 6.45) is 15.3. The Morgan fingerprint density at radius 2 is 1.93 bits per heavy atom. The fourth-order valence-corrected chi connectivity index (χ4v) is 7.63. The molecule has 11 heteroatoms. The van der Waals surface area contributed by atoms with Gasteiger partial charge in [-0.15, -0.1) is 0 Å². The summed E-state index contributed by atoms with van der Waals surface area (Å²) in [6.45, 7) is 2.89. The minimum Gasteiger partial charge on any atom is -0.344 e. The number of nitrogens with one attached hydrogen (secondary N) is 1. The van der Waals surface area contributed by atoms with Crippen molar-refractivity contribution in [2.24, 2.45) is 0 Å². The molecule has 3 heterocycles. The van der Waals surface area contributed by atoms with Crippen LogP contribution in [-0.2, 0) is 24.2 Å². The Hall–Kier alpha value is -2.95. The van der Waals surface area contributed by atoms with E-state index in [0.717, 1.165) is 66.7 Å². The van der Waals surface area contributed by atoms with Crippen LogP contribution in [0.25, 0.3) is 0 Å². The van der Waals surface area contributed by atoms with Crippen molar-refractivity contribution in [3.05, 3.63) is 81.1 Å². The van der Waals surface area contributed by atoms with Gasteiger partial charge in [-0.2, -0.15) is 0 Å². The van der Waals surface area contributed by atoms with Crippen LogP contribution in [0.1, 0.15) is 67.0 Å². The van der Waals surface area contributed by atoms with Crippen molar-refractivity contribution in [3.63, 3.8) is 0 Å². The summed E-state index contributed by atoms with van der Waals surface area (Å²) in [5, 5.41) is 4.00. The van der Waals surface area contributed by atoms with Crippen molar-refractivity contribution in [1.29, 1.82) is 0 Å². The van der Waals surface area contributed by atoms with Crippen molar-refractivity contribution in [2.75, 3.05) is 33.2 Å². The van der Waals surface area contributed by atoms with Crippen molar-refractivity contribution in [2.45, 2.75) is 76.0 Å². The van der Waals surface area contributed by atoms with Crippen LogP contribution in [0, 0.1) is 0 Å². The first kappa shape index (κ1) is 31.0. The van der Waals surface area contributed by atoms with E-state index in [0.29, 0.717) is 26.2 Å². The van der Waals surface area contributed by atoms with Crippen LogP contribution in [0.5, 0.6) is 0 Å². The topological polar surface area (TPSA) is 86.6 Å². The third kappa shape index (κ3) is 6.97. The molecule has 1 saturated heterocycles.